The molecule has 2 aliphatic heterocycles. The van der Waals surface area contributed by atoms with E-state index in [1.807, 2.05) is 49.2 Å². The van der Waals surface area contributed by atoms with Crippen molar-refractivity contribution >= 4 is 34.8 Å². The molecule has 0 aliphatic carbocycles. The first-order valence-electron chi connectivity index (χ1n) is 15.4. The van der Waals surface area contributed by atoms with Gasteiger partial charge >= 0.3 is 17.8 Å². The zero-order valence-corrected chi connectivity index (χ0v) is 26.0. The molecule has 0 unspecified atom stereocenters. The minimum absolute atomic E-state index is 0.0149. The number of nitrogens with one attached hydrogen (secondary N) is 3. The number of amides is 5. The zero-order chi connectivity index (χ0) is 31.4. The molecule has 0 bridgehead atoms. The molecule has 5 rings (SSSR count). The SMILES string of the molecule is CCN(CCN(C)C(C)C)C(=O)[C@@H](Cc1ccc2[nH]c(=O)oc2c1)NC(=O)N1CCC(N2Cc3ccccc3NC2=O)CC1. The van der Waals surface area contributed by atoms with Gasteiger partial charge in [-0.05, 0) is 70.0 Å². The molecule has 1 atom stereocenters. The second kappa shape index (κ2) is 13.5. The number of anilines is 1. The summed E-state index contributed by atoms with van der Waals surface area (Å²) in [6.45, 7) is 9.39. The second-order valence-corrected chi connectivity index (χ2v) is 12.0. The molecule has 2 aromatic carbocycles. The molecule has 12 heteroatoms. The van der Waals surface area contributed by atoms with Crippen LogP contribution in [-0.2, 0) is 17.8 Å². The number of nitrogens with zero attached hydrogens (tertiary/aromatic N) is 4. The van der Waals surface area contributed by atoms with E-state index in [-0.39, 0.29) is 30.4 Å². The number of hydrogen-bond acceptors (Lipinski definition) is 6. The lowest BCUT2D eigenvalue weighted by molar-refractivity contribution is -0.133. The van der Waals surface area contributed by atoms with E-state index in [4.69, 9.17) is 4.42 Å². The molecule has 236 valence electrons. The van der Waals surface area contributed by atoms with E-state index in [0.29, 0.717) is 69.3 Å². The van der Waals surface area contributed by atoms with Gasteiger partial charge in [-0.25, -0.2) is 14.4 Å². The van der Waals surface area contributed by atoms with Crippen molar-refractivity contribution in [3.05, 3.63) is 64.1 Å². The predicted molar refractivity (Wildman–Crippen MR) is 168 cm³/mol. The van der Waals surface area contributed by atoms with Crippen molar-refractivity contribution in [2.45, 2.75) is 64.7 Å². The van der Waals surface area contributed by atoms with Crippen LogP contribution >= 0.6 is 0 Å². The number of piperidine rings is 1. The van der Waals surface area contributed by atoms with E-state index in [2.05, 4.69) is 34.4 Å². The first kappa shape index (κ1) is 31.1. The molecule has 44 heavy (non-hydrogen) atoms. The summed E-state index contributed by atoms with van der Waals surface area (Å²) in [6, 6.07) is 12.2. The Hall–Kier alpha value is -4.32. The Kier molecular flexibility index (Phi) is 9.58. The number of para-hydroxylation sites is 1. The summed E-state index contributed by atoms with van der Waals surface area (Å²) in [4.78, 5) is 62.1. The van der Waals surface area contributed by atoms with E-state index < -0.39 is 11.8 Å². The van der Waals surface area contributed by atoms with Gasteiger partial charge < -0.3 is 34.7 Å². The van der Waals surface area contributed by atoms with Crippen LogP contribution in [0.15, 0.2) is 51.7 Å². The van der Waals surface area contributed by atoms with Crippen LogP contribution in [0.25, 0.3) is 11.1 Å². The highest BCUT2D eigenvalue weighted by Gasteiger charge is 2.34. The Morgan fingerprint density at radius 1 is 1.09 bits per heavy atom. The molecule has 0 spiro atoms. The number of fused-ring (bicyclic) bond motifs is 2. The fourth-order valence-electron chi connectivity index (χ4n) is 5.87. The summed E-state index contributed by atoms with van der Waals surface area (Å²) in [5.74, 6) is -0.702. The molecule has 3 N–H and O–H groups in total. The first-order valence-corrected chi connectivity index (χ1v) is 15.4. The third-order valence-corrected chi connectivity index (χ3v) is 8.87. The van der Waals surface area contributed by atoms with Crippen molar-refractivity contribution < 1.29 is 18.8 Å². The van der Waals surface area contributed by atoms with Gasteiger partial charge in [-0.1, -0.05) is 24.3 Å². The summed E-state index contributed by atoms with van der Waals surface area (Å²) in [6.07, 6.45) is 1.54. The zero-order valence-electron chi connectivity index (χ0n) is 26.0. The van der Waals surface area contributed by atoms with Gasteiger partial charge in [-0.3, -0.25) is 9.78 Å². The van der Waals surface area contributed by atoms with Crippen LogP contribution in [0.5, 0.6) is 0 Å². The molecular weight excluding hydrogens is 562 g/mol. The van der Waals surface area contributed by atoms with Crippen LogP contribution in [0.3, 0.4) is 0 Å². The lowest BCUT2D eigenvalue weighted by atomic mass is 10.0. The second-order valence-electron chi connectivity index (χ2n) is 12.0. The molecule has 1 aromatic heterocycles. The van der Waals surface area contributed by atoms with Crippen LogP contribution in [0.2, 0.25) is 0 Å². The van der Waals surface area contributed by atoms with Gasteiger partial charge in [0.15, 0.2) is 5.58 Å². The number of benzene rings is 2. The molecule has 3 aromatic rings. The van der Waals surface area contributed by atoms with Crippen molar-refractivity contribution in [3.63, 3.8) is 0 Å². The van der Waals surface area contributed by atoms with Gasteiger partial charge in [-0.2, -0.15) is 0 Å². The number of aromatic nitrogens is 1. The number of oxazole rings is 1. The van der Waals surface area contributed by atoms with E-state index >= 15 is 0 Å². The molecular formula is C32H43N7O5. The Morgan fingerprint density at radius 2 is 1.84 bits per heavy atom. The van der Waals surface area contributed by atoms with Crippen molar-refractivity contribution in [1.29, 1.82) is 0 Å². The molecule has 1 saturated heterocycles. The Balaban J connectivity index is 1.26. The van der Waals surface area contributed by atoms with Crippen molar-refractivity contribution in [1.82, 2.24) is 29.9 Å². The molecule has 5 amide bonds. The number of aromatic amines is 1. The Labute approximate surface area is 257 Å². The fraction of sp³-hybridized carbons (Fsp3) is 0.500. The number of urea groups is 2. The molecule has 12 nitrogen and oxygen atoms in total. The van der Waals surface area contributed by atoms with Gasteiger partial charge in [0.05, 0.1) is 5.52 Å². The topological polar surface area (TPSA) is 134 Å². The van der Waals surface area contributed by atoms with Gasteiger partial charge in [-0.15, -0.1) is 0 Å². The van der Waals surface area contributed by atoms with Crippen LogP contribution in [0.4, 0.5) is 15.3 Å². The highest BCUT2D eigenvalue weighted by atomic mass is 16.4. The quantitative estimate of drug-likeness (QED) is 0.324. The number of likely N-dealkylation sites (tertiary alicyclic amines) is 1. The standard InChI is InChI=1S/C32H43N7O5/c1-5-37(17-16-36(4)21(2)3)29(40)27(18-22-10-11-26-28(19-22)44-32(43)35-26)34-30(41)38-14-12-24(13-15-38)39-20-23-8-6-7-9-25(23)33-31(39)42/h6-11,19,21,24,27H,5,12-18,20H2,1-4H3,(H,33,42)(H,34,41)(H,35,43)/t27-/m1/s1. The minimum atomic E-state index is -0.808. The maximum Gasteiger partial charge on any atom is 0.417 e. The number of H-pyrrole nitrogens is 1. The van der Waals surface area contributed by atoms with E-state index in [1.54, 1.807) is 21.9 Å². The van der Waals surface area contributed by atoms with Crippen molar-refractivity contribution in [2.24, 2.45) is 0 Å². The summed E-state index contributed by atoms with van der Waals surface area (Å²) in [5.41, 5.74) is 3.67. The monoisotopic (exact) mass is 605 g/mol. The summed E-state index contributed by atoms with van der Waals surface area (Å²) in [7, 11) is 2.03. The molecule has 1 fully saturated rings. The highest BCUT2D eigenvalue weighted by molar-refractivity contribution is 5.92. The summed E-state index contributed by atoms with van der Waals surface area (Å²) >= 11 is 0. The highest BCUT2D eigenvalue weighted by Crippen LogP contribution is 2.27. The van der Waals surface area contributed by atoms with Gasteiger partial charge in [0.2, 0.25) is 5.91 Å². The predicted octanol–water partition coefficient (Wildman–Crippen LogP) is 3.44. The number of hydrogen-bond donors (Lipinski definition) is 3. The first-order chi connectivity index (χ1) is 21.1. The molecule has 0 saturated carbocycles. The van der Waals surface area contributed by atoms with Gasteiger partial charge in [0.25, 0.3) is 0 Å². The van der Waals surface area contributed by atoms with Crippen LogP contribution < -0.4 is 16.4 Å². The third-order valence-electron chi connectivity index (χ3n) is 8.87. The Morgan fingerprint density at radius 3 is 2.57 bits per heavy atom. The average molecular weight is 606 g/mol. The minimum Gasteiger partial charge on any atom is -0.408 e. The molecule has 2 aliphatic rings. The maximum atomic E-state index is 13.9. The van der Waals surface area contributed by atoms with Crippen LogP contribution in [0.1, 0.15) is 44.7 Å². The summed E-state index contributed by atoms with van der Waals surface area (Å²) < 4.78 is 5.23. The van der Waals surface area contributed by atoms with Crippen molar-refractivity contribution in [3.8, 4) is 0 Å². The fourth-order valence-corrected chi connectivity index (χ4v) is 5.87. The largest absolute Gasteiger partial charge is 0.417 e. The lowest BCUT2D eigenvalue weighted by Gasteiger charge is -2.41. The van der Waals surface area contributed by atoms with Crippen molar-refractivity contribution in [2.75, 3.05) is 45.1 Å². The normalized spacial score (nSPS) is 16.3. The average Bonchev–Trinajstić information content (AvgIpc) is 3.39. The van der Waals surface area contributed by atoms with Crippen LogP contribution in [0, 0.1) is 0 Å². The third kappa shape index (κ3) is 7.07. The number of rotatable bonds is 10. The van der Waals surface area contributed by atoms with Gasteiger partial charge in [0.1, 0.15) is 6.04 Å². The summed E-state index contributed by atoms with van der Waals surface area (Å²) in [5, 5.41) is 6.00. The smallest absolute Gasteiger partial charge is 0.408 e. The number of likely N-dealkylation sites (N-methyl/N-ethyl adjacent to an activating group) is 2. The van der Waals surface area contributed by atoms with Crippen LogP contribution in [-0.4, -0.2) is 100 Å². The molecule has 3 heterocycles. The molecule has 0 radical (unpaired) electrons. The van der Waals surface area contributed by atoms with E-state index in [0.717, 1.165) is 16.8 Å². The number of carbonyl (C=O) groups is 3. The maximum absolute atomic E-state index is 13.9. The Bertz CT molecular complexity index is 1540. The lowest BCUT2D eigenvalue weighted by Crippen LogP contribution is -2.56. The number of carbonyl (C=O) groups excluding carboxylic acids is 3. The van der Waals surface area contributed by atoms with E-state index in [9.17, 15) is 19.2 Å². The van der Waals surface area contributed by atoms with E-state index in [1.165, 1.54) is 0 Å². The van der Waals surface area contributed by atoms with Gasteiger partial charge in [0, 0.05) is 63.5 Å².